The number of nitrogens with two attached hydrogens (primary N) is 1. The highest BCUT2D eigenvalue weighted by Crippen LogP contribution is 2.29. The minimum absolute atomic E-state index is 0.232. The number of carbonyl (C=O) groups is 1. The summed E-state index contributed by atoms with van der Waals surface area (Å²) >= 11 is 0. The van der Waals surface area contributed by atoms with Crippen molar-refractivity contribution in [2.24, 2.45) is 0 Å². The molecule has 0 bridgehead atoms. The molecule has 2 aromatic rings. The van der Waals surface area contributed by atoms with Crippen LogP contribution in [0.25, 0.3) is 0 Å². The zero-order valence-corrected chi connectivity index (χ0v) is 10.1. The van der Waals surface area contributed by atoms with Crippen LogP contribution in [0.5, 0.6) is 0 Å². The molecule has 4 nitrogen and oxygen atoms in total. The lowest BCUT2D eigenvalue weighted by Gasteiger charge is -2.16. The molecule has 0 radical (unpaired) electrons. The largest absolute Gasteiger partial charge is 0.397 e. The van der Waals surface area contributed by atoms with Crippen LogP contribution in [0, 0.1) is 5.82 Å². The number of nitrogens with zero attached hydrogens (tertiary/aromatic N) is 2. The maximum atomic E-state index is 13.3. The van der Waals surface area contributed by atoms with Crippen molar-refractivity contribution in [2.75, 3.05) is 17.2 Å². The molecule has 0 aliphatic carbocycles. The van der Waals surface area contributed by atoms with E-state index in [-0.39, 0.29) is 11.7 Å². The molecule has 96 valence electrons. The number of carbonyl (C=O) groups excluding carboxylic acids is 1. The van der Waals surface area contributed by atoms with Gasteiger partial charge in [0, 0.05) is 6.54 Å². The summed E-state index contributed by atoms with van der Waals surface area (Å²) in [7, 11) is 0. The number of fused-ring (bicyclic) bond motifs is 1. The van der Waals surface area contributed by atoms with Crippen LogP contribution in [0.2, 0.25) is 0 Å². The summed E-state index contributed by atoms with van der Waals surface area (Å²) in [6, 6.07) is 7.72. The molecule has 0 fully saturated rings. The van der Waals surface area contributed by atoms with Crippen LogP contribution < -0.4 is 10.6 Å². The summed E-state index contributed by atoms with van der Waals surface area (Å²) in [4.78, 5) is 17.9. The fourth-order valence-electron chi connectivity index (χ4n) is 2.23. The Morgan fingerprint density at radius 2 is 2.16 bits per heavy atom. The van der Waals surface area contributed by atoms with Crippen LogP contribution in [-0.2, 0) is 6.42 Å². The standard InChI is InChI=1S/C14H12FN3O/c15-10-2-1-9-5-6-18(13(9)7-10)14(19)12-4-3-11(16)8-17-12/h1-4,7-8H,5-6,16H2. The number of hydrogen-bond acceptors (Lipinski definition) is 3. The first-order chi connectivity index (χ1) is 9.15. The first kappa shape index (κ1) is 11.6. The van der Waals surface area contributed by atoms with Gasteiger partial charge in [0.25, 0.3) is 5.91 Å². The summed E-state index contributed by atoms with van der Waals surface area (Å²) in [5, 5.41) is 0. The zero-order chi connectivity index (χ0) is 13.4. The van der Waals surface area contributed by atoms with E-state index in [1.807, 2.05) is 0 Å². The van der Waals surface area contributed by atoms with Gasteiger partial charge in [-0.15, -0.1) is 0 Å². The second-order valence-corrected chi connectivity index (χ2v) is 4.46. The van der Waals surface area contributed by atoms with E-state index in [1.54, 1.807) is 23.1 Å². The van der Waals surface area contributed by atoms with Crippen LogP contribution >= 0.6 is 0 Å². The van der Waals surface area contributed by atoms with E-state index in [2.05, 4.69) is 4.98 Å². The van der Waals surface area contributed by atoms with Gasteiger partial charge in [-0.3, -0.25) is 4.79 Å². The molecule has 0 spiro atoms. The molecule has 0 unspecified atom stereocenters. The molecule has 0 atom stereocenters. The molecule has 1 amide bonds. The maximum Gasteiger partial charge on any atom is 0.276 e. The summed E-state index contributed by atoms with van der Waals surface area (Å²) in [5.41, 5.74) is 7.96. The highest BCUT2D eigenvalue weighted by Gasteiger charge is 2.26. The van der Waals surface area contributed by atoms with Gasteiger partial charge in [0.1, 0.15) is 11.5 Å². The van der Waals surface area contributed by atoms with Gasteiger partial charge < -0.3 is 10.6 Å². The minimum Gasteiger partial charge on any atom is -0.397 e. The number of benzene rings is 1. The molecule has 1 aliphatic heterocycles. The van der Waals surface area contributed by atoms with Gasteiger partial charge in [0.15, 0.2) is 0 Å². The quantitative estimate of drug-likeness (QED) is 0.850. The van der Waals surface area contributed by atoms with Crippen LogP contribution in [0.3, 0.4) is 0 Å². The molecular weight excluding hydrogens is 245 g/mol. The van der Waals surface area contributed by atoms with Crippen LogP contribution in [-0.4, -0.2) is 17.4 Å². The Hall–Kier alpha value is -2.43. The van der Waals surface area contributed by atoms with Crippen molar-refractivity contribution in [2.45, 2.75) is 6.42 Å². The lowest BCUT2D eigenvalue weighted by Crippen LogP contribution is -2.29. The highest BCUT2D eigenvalue weighted by molar-refractivity contribution is 6.06. The van der Waals surface area contributed by atoms with Crippen molar-refractivity contribution in [3.05, 3.63) is 53.6 Å². The van der Waals surface area contributed by atoms with Crippen molar-refractivity contribution in [3.63, 3.8) is 0 Å². The van der Waals surface area contributed by atoms with E-state index in [1.165, 1.54) is 18.3 Å². The fraction of sp³-hybridized carbons (Fsp3) is 0.143. The third kappa shape index (κ3) is 2.03. The summed E-state index contributed by atoms with van der Waals surface area (Å²) < 4.78 is 13.3. The summed E-state index contributed by atoms with van der Waals surface area (Å²) in [5.74, 6) is -0.576. The topological polar surface area (TPSA) is 59.2 Å². The number of halogens is 1. The molecule has 19 heavy (non-hydrogen) atoms. The zero-order valence-electron chi connectivity index (χ0n) is 10.1. The van der Waals surface area contributed by atoms with E-state index >= 15 is 0 Å². The molecule has 1 aromatic heterocycles. The smallest absolute Gasteiger partial charge is 0.276 e. The molecule has 1 aromatic carbocycles. The Kier molecular flexibility index (Phi) is 2.67. The molecule has 5 heteroatoms. The van der Waals surface area contributed by atoms with Gasteiger partial charge in [-0.25, -0.2) is 9.37 Å². The number of rotatable bonds is 1. The number of amides is 1. The number of aromatic nitrogens is 1. The van der Waals surface area contributed by atoms with Crippen molar-refractivity contribution in [1.82, 2.24) is 4.98 Å². The van der Waals surface area contributed by atoms with Gasteiger partial charge >= 0.3 is 0 Å². The number of hydrogen-bond donors (Lipinski definition) is 1. The van der Waals surface area contributed by atoms with E-state index in [9.17, 15) is 9.18 Å². The first-order valence-electron chi connectivity index (χ1n) is 5.97. The molecular formula is C14H12FN3O. The predicted octanol–water partition coefficient (Wildman–Crippen LogP) is 2.01. The Labute approximate surface area is 109 Å². The van der Waals surface area contributed by atoms with E-state index in [4.69, 9.17) is 5.73 Å². The fourth-order valence-corrected chi connectivity index (χ4v) is 2.23. The summed E-state index contributed by atoms with van der Waals surface area (Å²) in [6.45, 7) is 0.545. The van der Waals surface area contributed by atoms with E-state index in [0.717, 1.165) is 12.0 Å². The van der Waals surface area contributed by atoms with Crippen molar-refractivity contribution in [1.29, 1.82) is 0 Å². The number of anilines is 2. The molecule has 0 saturated heterocycles. The third-order valence-corrected chi connectivity index (χ3v) is 3.19. The van der Waals surface area contributed by atoms with E-state index in [0.29, 0.717) is 23.6 Å². The third-order valence-electron chi connectivity index (χ3n) is 3.19. The monoisotopic (exact) mass is 257 g/mol. The molecule has 2 heterocycles. The van der Waals surface area contributed by atoms with Crippen molar-refractivity contribution >= 4 is 17.3 Å². The second-order valence-electron chi connectivity index (χ2n) is 4.46. The van der Waals surface area contributed by atoms with Gasteiger partial charge in [0.05, 0.1) is 17.6 Å². The molecule has 0 saturated carbocycles. The van der Waals surface area contributed by atoms with Crippen LogP contribution in [0.1, 0.15) is 16.1 Å². The Morgan fingerprint density at radius 3 is 2.89 bits per heavy atom. The molecule has 3 rings (SSSR count). The summed E-state index contributed by atoms with van der Waals surface area (Å²) in [6.07, 6.45) is 2.17. The number of pyridine rings is 1. The SMILES string of the molecule is Nc1ccc(C(=O)N2CCc3ccc(F)cc32)nc1. The lowest BCUT2D eigenvalue weighted by molar-refractivity contribution is 0.0984. The lowest BCUT2D eigenvalue weighted by atomic mass is 10.1. The van der Waals surface area contributed by atoms with Gasteiger partial charge in [-0.1, -0.05) is 6.07 Å². The minimum atomic E-state index is -0.344. The molecule has 1 aliphatic rings. The normalized spacial score (nSPS) is 13.4. The Balaban J connectivity index is 1.95. The Bertz CT molecular complexity index is 640. The second kappa shape index (κ2) is 4.35. The van der Waals surface area contributed by atoms with Crippen molar-refractivity contribution < 1.29 is 9.18 Å². The highest BCUT2D eigenvalue weighted by atomic mass is 19.1. The van der Waals surface area contributed by atoms with Crippen LogP contribution in [0.15, 0.2) is 36.5 Å². The number of nitrogen functional groups attached to an aromatic ring is 1. The van der Waals surface area contributed by atoms with Gasteiger partial charge in [-0.05, 0) is 36.2 Å². The van der Waals surface area contributed by atoms with E-state index < -0.39 is 0 Å². The average Bonchev–Trinajstić information content (AvgIpc) is 2.81. The average molecular weight is 257 g/mol. The van der Waals surface area contributed by atoms with Gasteiger partial charge in [0.2, 0.25) is 0 Å². The van der Waals surface area contributed by atoms with Gasteiger partial charge in [-0.2, -0.15) is 0 Å². The first-order valence-corrected chi connectivity index (χ1v) is 5.97. The maximum absolute atomic E-state index is 13.3. The Morgan fingerprint density at radius 1 is 1.32 bits per heavy atom. The van der Waals surface area contributed by atoms with Crippen molar-refractivity contribution in [3.8, 4) is 0 Å². The molecule has 2 N–H and O–H groups in total. The van der Waals surface area contributed by atoms with Crippen LogP contribution in [0.4, 0.5) is 15.8 Å². The predicted molar refractivity (Wildman–Crippen MR) is 70.4 cm³/mol.